The largest absolute Gasteiger partial charge is 0.486 e. The zero-order valence-corrected chi connectivity index (χ0v) is 14.0. The van der Waals surface area contributed by atoms with Gasteiger partial charge in [-0.3, -0.25) is 4.79 Å². The molecule has 0 spiro atoms. The number of carbonyl (C=O) groups excluding carboxylic acids is 1. The van der Waals surface area contributed by atoms with Crippen molar-refractivity contribution in [3.63, 3.8) is 0 Å². The van der Waals surface area contributed by atoms with Crippen LogP contribution in [0, 0.1) is 0 Å². The number of carbonyl (C=O) groups is 1. The highest BCUT2D eigenvalue weighted by Crippen LogP contribution is 2.32. The molecule has 0 bridgehead atoms. The van der Waals surface area contributed by atoms with E-state index in [2.05, 4.69) is 5.32 Å². The van der Waals surface area contributed by atoms with Crippen molar-refractivity contribution >= 4 is 16.7 Å². The Kier molecular flexibility index (Phi) is 4.02. The summed E-state index contributed by atoms with van der Waals surface area (Å²) in [5, 5.41) is 5.09. The maximum absolute atomic E-state index is 12.8. The van der Waals surface area contributed by atoms with Gasteiger partial charge in [0.05, 0.1) is 6.04 Å². The zero-order valence-electron chi connectivity index (χ0n) is 14.0. The van der Waals surface area contributed by atoms with Crippen molar-refractivity contribution < 1.29 is 14.3 Å². The van der Waals surface area contributed by atoms with Crippen LogP contribution in [0.1, 0.15) is 28.9 Å². The van der Waals surface area contributed by atoms with Gasteiger partial charge in [0, 0.05) is 5.56 Å². The molecule has 0 saturated heterocycles. The van der Waals surface area contributed by atoms with Crippen molar-refractivity contribution in [2.45, 2.75) is 13.0 Å². The quantitative estimate of drug-likeness (QED) is 0.785. The molecule has 4 nitrogen and oxygen atoms in total. The fraction of sp³-hybridized carbons (Fsp3) is 0.190. The number of hydrogen-bond donors (Lipinski definition) is 1. The topological polar surface area (TPSA) is 47.6 Å². The van der Waals surface area contributed by atoms with Gasteiger partial charge in [-0.05, 0) is 41.5 Å². The van der Waals surface area contributed by atoms with Gasteiger partial charge < -0.3 is 14.8 Å². The van der Waals surface area contributed by atoms with Crippen molar-refractivity contribution in [2.24, 2.45) is 0 Å². The fourth-order valence-electron chi connectivity index (χ4n) is 3.11. The number of hydrogen-bond acceptors (Lipinski definition) is 3. The first kappa shape index (κ1) is 15.5. The Bertz CT molecular complexity index is 930. The number of fused-ring (bicyclic) bond motifs is 2. The van der Waals surface area contributed by atoms with Crippen LogP contribution in [0.25, 0.3) is 10.8 Å². The van der Waals surface area contributed by atoms with Gasteiger partial charge in [0.2, 0.25) is 0 Å². The van der Waals surface area contributed by atoms with E-state index in [4.69, 9.17) is 9.47 Å². The lowest BCUT2D eigenvalue weighted by Crippen LogP contribution is -2.27. The summed E-state index contributed by atoms with van der Waals surface area (Å²) in [6.45, 7) is 3.08. The molecule has 1 aliphatic rings. The molecule has 4 heteroatoms. The van der Waals surface area contributed by atoms with E-state index >= 15 is 0 Å². The number of rotatable bonds is 3. The SMILES string of the molecule is C[C@H](NC(=O)c1cccc2ccccc12)c1ccc2c(c1)OCCO2. The molecule has 0 saturated carbocycles. The third-order valence-corrected chi connectivity index (χ3v) is 4.45. The number of nitrogens with one attached hydrogen (secondary N) is 1. The molecule has 0 unspecified atom stereocenters. The highest BCUT2D eigenvalue weighted by Gasteiger charge is 2.17. The molecule has 0 aliphatic carbocycles. The van der Waals surface area contributed by atoms with Gasteiger partial charge in [-0.2, -0.15) is 0 Å². The predicted octanol–water partition coefficient (Wildman–Crippen LogP) is 4.10. The minimum absolute atomic E-state index is 0.0841. The fourth-order valence-corrected chi connectivity index (χ4v) is 3.11. The Morgan fingerprint density at radius 2 is 1.72 bits per heavy atom. The monoisotopic (exact) mass is 333 g/mol. The van der Waals surface area contributed by atoms with Gasteiger partial charge in [0.25, 0.3) is 5.91 Å². The minimum Gasteiger partial charge on any atom is -0.486 e. The van der Waals surface area contributed by atoms with Gasteiger partial charge in [-0.25, -0.2) is 0 Å². The van der Waals surface area contributed by atoms with Crippen LogP contribution >= 0.6 is 0 Å². The predicted molar refractivity (Wildman–Crippen MR) is 97.3 cm³/mol. The molecule has 126 valence electrons. The molecule has 25 heavy (non-hydrogen) atoms. The maximum atomic E-state index is 12.8. The molecule has 3 aromatic carbocycles. The average Bonchev–Trinajstić information content (AvgIpc) is 2.67. The lowest BCUT2D eigenvalue weighted by atomic mass is 10.0. The molecular formula is C21H19NO3. The number of ether oxygens (including phenoxy) is 2. The van der Waals surface area contributed by atoms with Crippen LogP contribution in [-0.4, -0.2) is 19.1 Å². The van der Waals surface area contributed by atoms with Gasteiger partial charge in [0.1, 0.15) is 13.2 Å². The Morgan fingerprint density at radius 3 is 2.60 bits per heavy atom. The molecular weight excluding hydrogens is 314 g/mol. The molecule has 0 radical (unpaired) electrons. The van der Waals surface area contributed by atoms with Crippen LogP contribution in [0.5, 0.6) is 11.5 Å². The standard InChI is InChI=1S/C21H19NO3/c1-14(16-9-10-19-20(13-16)25-12-11-24-19)22-21(23)18-8-4-6-15-5-2-3-7-17(15)18/h2-10,13-14H,11-12H2,1H3,(H,22,23)/t14-/m0/s1. The molecule has 1 amide bonds. The smallest absolute Gasteiger partial charge is 0.252 e. The summed E-state index contributed by atoms with van der Waals surface area (Å²) in [5.74, 6) is 1.40. The van der Waals surface area contributed by atoms with Gasteiger partial charge in [0.15, 0.2) is 11.5 Å². The van der Waals surface area contributed by atoms with E-state index in [-0.39, 0.29) is 11.9 Å². The van der Waals surface area contributed by atoms with Crippen LogP contribution in [-0.2, 0) is 0 Å². The van der Waals surface area contributed by atoms with E-state index in [0.29, 0.717) is 18.8 Å². The van der Waals surface area contributed by atoms with Crippen molar-refractivity contribution in [1.82, 2.24) is 5.32 Å². The minimum atomic E-state index is -0.137. The van der Waals surface area contributed by atoms with E-state index in [9.17, 15) is 4.79 Å². The van der Waals surface area contributed by atoms with Crippen molar-refractivity contribution in [3.05, 3.63) is 71.8 Å². The van der Waals surface area contributed by atoms with E-state index < -0.39 is 0 Å². The molecule has 3 aromatic rings. The summed E-state index contributed by atoms with van der Waals surface area (Å²) < 4.78 is 11.2. The summed E-state index contributed by atoms with van der Waals surface area (Å²) >= 11 is 0. The van der Waals surface area contributed by atoms with Crippen LogP contribution in [0.15, 0.2) is 60.7 Å². The van der Waals surface area contributed by atoms with Crippen molar-refractivity contribution in [1.29, 1.82) is 0 Å². The van der Waals surface area contributed by atoms with Crippen LogP contribution in [0.3, 0.4) is 0 Å². The normalized spacial score (nSPS) is 14.1. The maximum Gasteiger partial charge on any atom is 0.252 e. The van der Waals surface area contributed by atoms with Crippen LogP contribution < -0.4 is 14.8 Å². The van der Waals surface area contributed by atoms with Crippen molar-refractivity contribution in [3.8, 4) is 11.5 Å². The van der Waals surface area contributed by atoms with E-state index in [1.807, 2.05) is 67.6 Å². The summed E-state index contributed by atoms with van der Waals surface area (Å²) in [4.78, 5) is 12.8. The van der Waals surface area contributed by atoms with Gasteiger partial charge >= 0.3 is 0 Å². The molecule has 1 N–H and O–H groups in total. The molecule has 1 aliphatic heterocycles. The molecule has 0 aromatic heterocycles. The van der Waals surface area contributed by atoms with E-state index in [0.717, 1.165) is 27.8 Å². The lowest BCUT2D eigenvalue weighted by Gasteiger charge is -2.21. The van der Waals surface area contributed by atoms with Crippen LogP contribution in [0.4, 0.5) is 0 Å². The Labute approximate surface area is 146 Å². The zero-order chi connectivity index (χ0) is 17.2. The van der Waals surface area contributed by atoms with Crippen molar-refractivity contribution in [2.75, 3.05) is 13.2 Å². The first-order valence-corrected chi connectivity index (χ1v) is 8.40. The summed E-state index contributed by atoms with van der Waals surface area (Å²) in [7, 11) is 0. The summed E-state index contributed by atoms with van der Waals surface area (Å²) in [6.07, 6.45) is 0. The Morgan fingerprint density at radius 1 is 0.960 bits per heavy atom. The van der Waals surface area contributed by atoms with E-state index in [1.54, 1.807) is 0 Å². The third kappa shape index (κ3) is 3.03. The molecule has 1 heterocycles. The van der Waals surface area contributed by atoms with Gasteiger partial charge in [-0.1, -0.05) is 42.5 Å². The number of benzene rings is 3. The van der Waals surface area contributed by atoms with Crippen LogP contribution in [0.2, 0.25) is 0 Å². The highest BCUT2D eigenvalue weighted by atomic mass is 16.6. The molecule has 1 atom stereocenters. The van der Waals surface area contributed by atoms with Gasteiger partial charge in [-0.15, -0.1) is 0 Å². The third-order valence-electron chi connectivity index (χ3n) is 4.45. The average molecular weight is 333 g/mol. The summed E-state index contributed by atoms with van der Waals surface area (Å²) in [6, 6.07) is 19.3. The second-order valence-electron chi connectivity index (χ2n) is 6.12. The summed E-state index contributed by atoms with van der Waals surface area (Å²) in [5.41, 5.74) is 1.67. The first-order valence-electron chi connectivity index (χ1n) is 8.40. The lowest BCUT2D eigenvalue weighted by molar-refractivity contribution is 0.0941. The Hall–Kier alpha value is -3.01. The second kappa shape index (κ2) is 6.48. The molecule has 0 fully saturated rings. The molecule has 4 rings (SSSR count). The second-order valence-corrected chi connectivity index (χ2v) is 6.12. The Balaban J connectivity index is 1.58. The number of amides is 1. The first-order chi connectivity index (χ1) is 12.2. The highest BCUT2D eigenvalue weighted by molar-refractivity contribution is 6.07. The van der Waals surface area contributed by atoms with E-state index in [1.165, 1.54) is 0 Å².